The van der Waals surface area contributed by atoms with Crippen LogP contribution in [0.1, 0.15) is 44.9 Å². The maximum absolute atomic E-state index is 9.36. The van der Waals surface area contributed by atoms with E-state index < -0.39 is 0 Å². The smallest absolute Gasteiger partial charge is 0.263 e. The molecule has 0 aliphatic carbocycles. The van der Waals surface area contributed by atoms with E-state index in [4.69, 9.17) is 4.52 Å². The first kappa shape index (κ1) is 15.3. The second kappa shape index (κ2) is 8.21. The van der Waals surface area contributed by atoms with Crippen molar-refractivity contribution >= 4 is 5.95 Å². The number of hydrogen-bond donors (Lipinski definition) is 2. The summed E-state index contributed by atoms with van der Waals surface area (Å²) in [5.41, 5.74) is 0. The van der Waals surface area contributed by atoms with Crippen molar-refractivity contribution in [3.63, 3.8) is 0 Å². The summed E-state index contributed by atoms with van der Waals surface area (Å²) in [6.07, 6.45) is 6.47. The molecule has 1 unspecified atom stereocenters. The molecular weight excluding hydrogens is 256 g/mol. The lowest BCUT2D eigenvalue weighted by atomic mass is 10.0. The van der Waals surface area contributed by atoms with Gasteiger partial charge in [-0.25, -0.2) is 0 Å². The van der Waals surface area contributed by atoms with Crippen LogP contribution in [0.25, 0.3) is 0 Å². The largest absolute Gasteiger partial charge is 0.395 e. The van der Waals surface area contributed by atoms with Gasteiger partial charge in [0.25, 0.3) is 5.95 Å². The molecule has 1 atom stereocenters. The third kappa shape index (κ3) is 4.45. The molecule has 0 aromatic carbocycles. The Morgan fingerprint density at radius 2 is 2.35 bits per heavy atom. The molecule has 2 rings (SSSR count). The van der Waals surface area contributed by atoms with E-state index in [1.54, 1.807) is 0 Å². The fourth-order valence-electron chi connectivity index (χ4n) is 2.69. The Kier molecular flexibility index (Phi) is 6.26. The van der Waals surface area contributed by atoms with Gasteiger partial charge in [0.15, 0.2) is 0 Å². The summed E-state index contributed by atoms with van der Waals surface area (Å²) < 4.78 is 5.12. The predicted molar refractivity (Wildman–Crippen MR) is 77.7 cm³/mol. The molecule has 0 saturated carbocycles. The summed E-state index contributed by atoms with van der Waals surface area (Å²) in [6.45, 7) is 5.32. The van der Waals surface area contributed by atoms with E-state index >= 15 is 0 Å². The summed E-state index contributed by atoms with van der Waals surface area (Å²) in [6, 6.07) is 0.352. The minimum Gasteiger partial charge on any atom is -0.395 e. The second-order valence-electron chi connectivity index (χ2n) is 5.41. The molecular formula is C14H26N4O2. The highest BCUT2D eigenvalue weighted by Crippen LogP contribution is 2.16. The van der Waals surface area contributed by atoms with Gasteiger partial charge < -0.3 is 14.9 Å². The number of anilines is 1. The maximum atomic E-state index is 9.36. The minimum absolute atomic E-state index is 0.276. The molecule has 1 fully saturated rings. The number of nitrogens with zero attached hydrogens (tertiary/aromatic N) is 3. The van der Waals surface area contributed by atoms with Crippen LogP contribution in [0.15, 0.2) is 4.52 Å². The van der Waals surface area contributed by atoms with Gasteiger partial charge in [-0.2, -0.15) is 4.98 Å². The summed E-state index contributed by atoms with van der Waals surface area (Å²) in [7, 11) is 0. The summed E-state index contributed by atoms with van der Waals surface area (Å²) in [5.74, 6) is 1.29. The van der Waals surface area contributed by atoms with E-state index in [0.29, 0.717) is 17.9 Å². The third-order valence-electron chi connectivity index (χ3n) is 3.80. The molecule has 20 heavy (non-hydrogen) atoms. The Morgan fingerprint density at radius 1 is 1.45 bits per heavy atom. The zero-order valence-electron chi connectivity index (χ0n) is 12.3. The van der Waals surface area contributed by atoms with Gasteiger partial charge in [-0.1, -0.05) is 13.3 Å². The standard InChI is InChI=1S/C14H26N4O2/c1-2-6-13-16-14(17-20-13)15-8-5-10-18-9-4-3-7-12(18)11-19/h12,19H,2-11H2,1H3,(H,15,17). The number of hydrogen-bond acceptors (Lipinski definition) is 6. The van der Waals surface area contributed by atoms with Crippen LogP contribution in [0.5, 0.6) is 0 Å². The molecule has 2 N–H and O–H groups in total. The van der Waals surface area contributed by atoms with Crippen LogP contribution in [0.2, 0.25) is 0 Å². The number of aliphatic hydroxyl groups excluding tert-OH is 1. The SMILES string of the molecule is CCCc1nc(NCCCN2CCCCC2CO)no1. The number of piperidine rings is 1. The molecule has 0 spiro atoms. The van der Waals surface area contributed by atoms with Crippen molar-refractivity contribution in [1.82, 2.24) is 15.0 Å². The van der Waals surface area contributed by atoms with Gasteiger partial charge in [0.2, 0.25) is 5.89 Å². The van der Waals surface area contributed by atoms with E-state index in [0.717, 1.165) is 45.3 Å². The first-order valence-corrected chi connectivity index (χ1v) is 7.75. The molecule has 1 aromatic heterocycles. The molecule has 0 bridgehead atoms. The average Bonchev–Trinajstić information content (AvgIpc) is 2.92. The highest BCUT2D eigenvalue weighted by Gasteiger charge is 2.20. The van der Waals surface area contributed by atoms with Gasteiger partial charge in [0.05, 0.1) is 6.61 Å². The lowest BCUT2D eigenvalue weighted by molar-refractivity contribution is 0.0901. The van der Waals surface area contributed by atoms with Gasteiger partial charge in [-0.05, 0) is 37.4 Å². The Labute approximate surface area is 120 Å². The minimum atomic E-state index is 0.276. The van der Waals surface area contributed by atoms with Crippen molar-refractivity contribution in [3.05, 3.63) is 5.89 Å². The van der Waals surface area contributed by atoms with E-state index in [1.807, 2.05) is 0 Å². The van der Waals surface area contributed by atoms with Crippen LogP contribution >= 0.6 is 0 Å². The van der Waals surface area contributed by atoms with Crippen molar-refractivity contribution in [2.75, 3.05) is 31.6 Å². The van der Waals surface area contributed by atoms with Crippen LogP contribution in [0, 0.1) is 0 Å². The van der Waals surface area contributed by atoms with Crippen molar-refractivity contribution in [1.29, 1.82) is 0 Å². The van der Waals surface area contributed by atoms with Gasteiger partial charge in [0.1, 0.15) is 0 Å². The number of aromatic nitrogens is 2. The highest BCUT2D eigenvalue weighted by atomic mass is 16.5. The van der Waals surface area contributed by atoms with Crippen LogP contribution in [-0.4, -0.2) is 52.4 Å². The molecule has 6 nitrogen and oxygen atoms in total. The van der Waals surface area contributed by atoms with Crippen molar-refractivity contribution < 1.29 is 9.63 Å². The average molecular weight is 282 g/mol. The number of aliphatic hydroxyl groups is 1. The monoisotopic (exact) mass is 282 g/mol. The molecule has 0 radical (unpaired) electrons. The fraction of sp³-hybridized carbons (Fsp3) is 0.857. The lowest BCUT2D eigenvalue weighted by Crippen LogP contribution is -2.42. The van der Waals surface area contributed by atoms with Crippen LogP contribution in [-0.2, 0) is 6.42 Å². The van der Waals surface area contributed by atoms with Crippen molar-refractivity contribution in [2.45, 2.75) is 51.5 Å². The predicted octanol–water partition coefficient (Wildman–Crippen LogP) is 1.67. The Hall–Kier alpha value is -1.14. The lowest BCUT2D eigenvalue weighted by Gasteiger charge is -2.34. The topological polar surface area (TPSA) is 74.4 Å². The molecule has 6 heteroatoms. The molecule has 114 valence electrons. The highest BCUT2D eigenvalue weighted by molar-refractivity contribution is 5.20. The number of nitrogens with one attached hydrogen (secondary N) is 1. The van der Waals surface area contributed by atoms with Gasteiger partial charge in [0, 0.05) is 25.6 Å². The zero-order chi connectivity index (χ0) is 14.2. The van der Waals surface area contributed by atoms with Crippen LogP contribution < -0.4 is 5.32 Å². The summed E-state index contributed by atoms with van der Waals surface area (Å²) >= 11 is 0. The molecule has 1 saturated heterocycles. The Balaban J connectivity index is 1.65. The first-order chi connectivity index (χ1) is 9.83. The maximum Gasteiger partial charge on any atom is 0.263 e. The fourth-order valence-corrected chi connectivity index (χ4v) is 2.69. The van der Waals surface area contributed by atoms with Gasteiger partial charge in [-0.3, -0.25) is 4.90 Å². The van der Waals surface area contributed by atoms with Gasteiger partial charge >= 0.3 is 0 Å². The number of rotatable bonds is 8. The molecule has 1 aliphatic rings. The molecule has 2 heterocycles. The number of likely N-dealkylation sites (tertiary alicyclic amines) is 1. The summed E-state index contributed by atoms with van der Waals surface area (Å²) in [4.78, 5) is 6.67. The third-order valence-corrected chi connectivity index (χ3v) is 3.80. The van der Waals surface area contributed by atoms with Crippen molar-refractivity contribution in [3.8, 4) is 0 Å². The van der Waals surface area contributed by atoms with Crippen LogP contribution in [0.4, 0.5) is 5.95 Å². The normalized spacial score (nSPS) is 20.2. The number of aryl methyl sites for hydroxylation is 1. The van der Waals surface area contributed by atoms with Crippen LogP contribution in [0.3, 0.4) is 0 Å². The molecule has 0 amide bonds. The Morgan fingerprint density at radius 3 is 3.15 bits per heavy atom. The zero-order valence-corrected chi connectivity index (χ0v) is 12.3. The molecule has 1 aliphatic heterocycles. The van der Waals surface area contributed by atoms with E-state index in [9.17, 15) is 5.11 Å². The van der Waals surface area contributed by atoms with Crippen molar-refractivity contribution in [2.24, 2.45) is 0 Å². The second-order valence-corrected chi connectivity index (χ2v) is 5.41. The Bertz CT molecular complexity index is 383. The quantitative estimate of drug-likeness (QED) is 0.707. The van der Waals surface area contributed by atoms with E-state index in [-0.39, 0.29) is 6.61 Å². The van der Waals surface area contributed by atoms with Gasteiger partial charge in [-0.15, -0.1) is 0 Å². The summed E-state index contributed by atoms with van der Waals surface area (Å²) in [5, 5.41) is 16.4. The van der Waals surface area contributed by atoms with E-state index in [1.165, 1.54) is 12.8 Å². The van der Waals surface area contributed by atoms with E-state index in [2.05, 4.69) is 27.3 Å². The first-order valence-electron chi connectivity index (χ1n) is 7.75. The molecule has 1 aromatic rings.